The maximum Gasteiger partial charge on any atom is 0.341 e. The van der Waals surface area contributed by atoms with Crippen LogP contribution < -0.4 is 4.74 Å². The number of hydrogen-bond acceptors (Lipinski definition) is 5. The average Bonchev–Trinajstić information content (AvgIpc) is 3.08. The summed E-state index contributed by atoms with van der Waals surface area (Å²) in [5.74, 6) is 0.145. The molecule has 140 valence electrons. The van der Waals surface area contributed by atoms with Crippen LogP contribution in [0.25, 0.3) is 10.9 Å². The number of ether oxygens (including phenoxy) is 2. The lowest BCUT2D eigenvalue weighted by Gasteiger charge is -2.34. The lowest BCUT2D eigenvalue weighted by molar-refractivity contribution is -0.130. The molecule has 7 heteroatoms. The van der Waals surface area contributed by atoms with E-state index in [1.807, 2.05) is 22.8 Å². The third kappa shape index (κ3) is 3.38. The normalized spacial score (nSPS) is 20.0. The van der Waals surface area contributed by atoms with E-state index in [0.29, 0.717) is 23.4 Å². The maximum absolute atomic E-state index is 11.9. The molecule has 0 saturated heterocycles. The predicted molar refractivity (Wildman–Crippen MR) is 97.4 cm³/mol. The summed E-state index contributed by atoms with van der Waals surface area (Å²) in [7, 11) is 4.75. The fraction of sp³-hybridized carbons (Fsp3) is 0.526. The lowest BCUT2D eigenvalue weighted by atomic mass is 9.90. The molecule has 1 heterocycles. The number of carbonyl (C=O) groups is 2. The monoisotopic (exact) mass is 359 g/mol. The van der Waals surface area contributed by atoms with Crippen molar-refractivity contribution in [2.24, 2.45) is 0 Å². The molecule has 0 atom stereocenters. The third-order valence-electron chi connectivity index (χ3n) is 5.33. The number of aromatic nitrogens is 2. The molecule has 1 amide bonds. The Balaban J connectivity index is 1.82. The van der Waals surface area contributed by atoms with Gasteiger partial charge in [-0.25, -0.2) is 4.79 Å². The van der Waals surface area contributed by atoms with Gasteiger partial charge in [-0.05, 0) is 31.7 Å². The Morgan fingerprint density at radius 3 is 2.46 bits per heavy atom. The van der Waals surface area contributed by atoms with Crippen LogP contribution in [0.2, 0.25) is 0 Å². The van der Waals surface area contributed by atoms with E-state index >= 15 is 0 Å². The second-order valence-electron chi connectivity index (χ2n) is 6.80. The number of amides is 1. The summed E-state index contributed by atoms with van der Waals surface area (Å²) < 4.78 is 12.1. The van der Waals surface area contributed by atoms with E-state index in [4.69, 9.17) is 9.47 Å². The molecule has 1 aromatic carbocycles. The van der Waals surface area contributed by atoms with E-state index in [1.165, 1.54) is 14.2 Å². The van der Waals surface area contributed by atoms with Crippen molar-refractivity contribution in [3.63, 3.8) is 0 Å². The standard InChI is InChI=1S/C19H25N3O4/c1-12(23)21(2)14-5-7-15(8-6-14)22-11-13-9-16(19(24)26-4)18(25-3)10-17(13)20-22/h9-11,14-15H,5-8H2,1-4H3/t14-,15-. The highest BCUT2D eigenvalue weighted by Crippen LogP contribution is 2.33. The van der Waals surface area contributed by atoms with Gasteiger partial charge in [0.25, 0.3) is 0 Å². The van der Waals surface area contributed by atoms with Gasteiger partial charge < -0.3 is 14.4 Å². The molecule has 2 aromatic rings. The summed E-state index contributed by atoms with van der Waals surface area (Å²) in [5.41, 5.74) is 1.19. The SMILES string of the molecule is COC(=O)c1cc2cn([C@H]3CC[C@H](N(C)C(C)=O)CC3)nc2cc1OC. The van der Waals surface area contributed by atoms with Crippen LogP contribution in [-0.4, -0.2) is 53.9 Å². The molecule has 0 bridgehead atoms. The zero-order valence-electron chi connectivity index (χ0n) is 15.7. The van der Waals surface area contributed by atoms with E-state index in [-0.39, 0.29) is 5.91 Å². The van der Waals surface area contributed by atoms with Crippen LogP contribution in [0.5, 0.6) is 5.75 Å². The van der Waals surface area contributed by atoms with Gasteiger partial charge in [0.15, 0.2) is 0 Å². The van der Waals surface area contributed by atoms with Gasteiger partial charge in [-0.1, -0.05) is 0 Å². The number of rotatable bonds is 4. The molecular weight excluding hydrogens is 334 g/mol. The Morgan fingerprint density at radius 2 is 1.88 bits per heavy atom. The van der Waals surface area contributed by atoms with Crippen LogP contribution in [0, 0.1) is 0 Å². The zero-order chi connectivity index (χ0) is 18.8. The molecule has 1 aliphatic rings. The van der Waals surface area contributed by atoms with E-state index < -0.39 is 5.97 Å². The Kier molecular flexibility index (Phi) is 5.15. The predicted octanol–water partition coefficient (Wildman–Crippen LogP) is 2.79. The molecule has 7 nitrogen and oxygen atoms in total. The minimum absolute atomic E-state index is 0.112. The Labute approximate surface area is 152 Å². The van der Waals surface area contributed by atoms with Crippen LogP contribution >= 0.6 is 0 Å². The number of nitrogens with zero attached hydrogens (tertiary/aromatic N) is 3. The van der Waals surface area contributed by atoms with Crippen molar-refractivity contribution in [1.82, 2.24) is 14.7 Å². The largest absolute Gasteiger partial charge is 0.496 e. The molecule has 1 fully saturated rings. The molecule has 3 rings (SSSR count). The van der Waals surface area contributed by atoms with Crippen molar-refractivity contribution in [2.75, 3.05) is 21.3 Å². The first-order valence-electron chi connectivity index (χ1n) is 8.83. The molecular formula is C19H25N3O4. The molecule has 0 radical (unpaired) electrons. The van der Waals surface area contributed by atoms with Crippen LogP contribution in [0.15, 0.2) is 18.3 Å². The van der Waals surface area contributed by atoms with Gasteiger partial charge in [-0.15, -0.1) is 0 Å². The Bertz CT molecular complexity index is 822. The third-order valence-corrected chi connectivity index (χ3v) is 5.33. The second-order valence-corrected chi connectivity index (χ2v) is 6.80. The average molecular weight is 359 g/mol. The highest BCUT2D eigenvalue weighted by Gasteiger charge is 2.27. The minimum Gasteiger partial charge on any atom is -0.496 e. The smallest absolute Gasteiger partial charge is 0.341 e. The van der Waals surface area contributed by atoms with Gasteiger partial charge in [-0.2, -0.15) is 5.10 Å². The molecule has 1 aromatic heterocycles. The summed E-state index contributed by atoms with van der Waals surface area (Å²) in [5, 5.41) is 5.56. The summed E-state index contributed by atoms with van der Waals surface area (Å²) in [6.45, 7) is 1.61. The van der Waals surface area contributed by atoms with Crippen molar-refractivity contribution < 1.29 is 19.1 Å². The Hall–Kier alpha value is -2.57. The summed E-state index contributed by atoms with van der Waals surface area (Å²) in [6.07, 6.45) is 5.84. The summed E-state index contributed by atoms with van der Waals surface area (Å²) in [4.78, 5) is 25.3. The molecule has 0 spiro atoms. The maximum atomic E-state index is 11.9. The molecule has 26 heavy (non-hydrogen) atoms. The topological polar surface area (TPSA) is 73.7 Å². The first-order valence-corrected chi connectivity index (χ1v) is 8.83. The molecule has 0 aliphatic heterocycles. The zero-order valence-corrected chi connectivity index (χ0v) is 15.7. The fourth-order valence-electron chi connectivity index (χ4n) is 3.66. The number of hydrogen-bond donors (Lipinski definition) is 0. The number of carbonyl (C=O) groups excluding carboxylic acids is 2. The summed E-state index contributed by atoms with van der Waals surface area (Å²) in [6, 6.07) is 4.14. The highest BCUT2D eigenvalue weighted by molar-refractivity contribution is 5.97. The van der Waals surface area contributed by atoms with Gasteiger partial charge in [-0.3, -0.25) is 9.48 Å². The van der Waals surface area contributed by atoms with Crippen LogP contribution in [-0.2, 0) is 9.53 Å². The van der Waals surface area contributed by atoms with Crippen molar-refractivity contribution in [3.8, 4) is 5.75 Å². The van der Waals surface area contributed by atoms with Crippen LogP contribution in [0.1, 0.15) is 49.0 Å². The van der Waals surface area contributed by atoms with E-state index in [2.05, 4.69) is 5.10 Å². The van der Waals surface area contributed by atoms with Crippen LogP contribution in [0.4, 0.5) is 0 Å². The van der Waals surface area contributed by atoms with E-state index in [0.717, 1.165) is 36.6 Å². The molecule has 0 N–H and O–H groups in total. The Morgan fingerprint density at radius 1 is 1.19 bits per heavy atom. The molecule has 1 saturated carbocycles. The number of fused-ring (bicyclic) bond motifs is 1. The van der Waals surface area contributed by atoms with E-state index in [1.54, 1.807) is 19.1 Å². The van der Waals surface area contributed by atoms with Crippen molar-refractivity contribution in [1.29, 1.82) is 0 Å². The molecule has 1 aliphatic carbocycles. The lowest BCUT2D eigenvalue weighted by Crippen LogP contribution is -2.38. The first-order chi connectivity index (χ1) is 12.4. The first kappa shape index (κ1) is 18.2. The van der Waals surface area contributed by atoms with Gasteiger partial charge in [0.05, 0.1) is 25.8 Å². The van der Waals surface area contributed by atoms with Gasteiger partial charge in [0.2, 0.25) is 5.91 Å². The van der Waals surface area contributed by atoms with E-state index in [9.17, 15) is 9.59 Å². The quantitative estimate of drug-likeness (QED) is 0.785. The fourth-order valence-corrected chi connectivity index (χ4v) is 3.66. The van der Waals surface area contributed by atoms with Crippen LogP contribution in [0.3, 0.4) is 0 Å². The van der Waals surface area contributed by atoms with Gasteiger partial charge in [0.1, 0.15) is 11.3 Å². The van der Waals surface area contributed by atoms with Gasteiger partial charge >= 0.3 is 5.97 Å². The minimum atomic E-state index is -0.427. The number of benzene rings is 1. The molecule has 0 unspecified atom stereocenters. The van der Waals surface area contributed by atoms with Crippen molar-refractivity contribution in [2.45, 2.75) is 44.7 Å². The van der Waals surface area contributed by atoms with Crippen molar-refractivity contribution >= 4 is 22.8 Å². The number of esters is 1. The van der Waals surface area contributed by atoms with Crippen molar-refractivity contribution in [3.05, 3.63) is 23.9 Å². The van der Waals surface area contributed by atoms with Gasteiger partial charge in [0, 0.05) is 37.7 Å². The summed E-state index contributed by atoms with van der Waals surface area (Å²) >= 11 is 0. The second kappa shape index (κ2) is 7.35. The highest BCUT2D eigenvalue weighted by atomic mass is 16.5. The number of methoxy groups -OCH3 is 2.